The van der Waals surface area contributed by atoms with Crippen molar-refractivity contribution in [3.63, 3.8) is 0 Å². The van der Waals surface area contributed by atoms with Crippen LogP contribution in [0.15, 0.2) is 24.3 Å². The summed E-state index contributed by atoms with van der Waals surface area (Å²) in [4.78, 5) is 2.32. The molecule has 1 unspecified atom stereocenters. The summed E-state index contributed by atoms with van der Waals surface area (Å²) in [5, 5.41) is 10.2. The van der Waals surface area contributed by atoms with Gasteiger partial charge in [0.15, 0.2) is 0 Å². The first-order valence-corrected chi connectivity index (χ1v) is 7.39. The Kier molecular flexibility index (Phi) is 5.23. The van der Waals surface area contributed by atoms with Crippen LogP contribution in [-0.4, -0.2) is 30.9 Å². The van der Waals surface area contributed by atoms with Crippen LogP contribution in [0.4, 0.5) is 5.69 Å². The molecule has 2 atom stereocenters. The molecule has 1 saturated heterocycles. The minimum Gasteiger partial charge on any atom is -0.388 e. The molecule has 0 amide bonds. The average Bonchev–Trinajstić information content (AvgIpc) is 2.97. The van der Waals surface area contributed by atoms with Gasteiger partial charge in [-0.25, -0.2) is 0 Å². The highest BCUT2D eigenvalue weighted by molar-refractivity contribution is 5.54. The van der Waals surface area contributed by atoms with Crippen molar-refractivity contribution < 1.29 is 9.84 Å². The van der Waals surface area contributed by atoms with E-state index in [2.05, 4.69) is 17.9 Å². The number of aliphatic hydroxyl groups excluding tert-OH is 1. The lowest BCUT2D eigenvalue weighted by atomic mass is 10.0. The topological polar surface area (TPSA) is 32.7 Å². The number of likely N-dealkylation sites (N-methyl/N-ethyl adjacent to an activating group) is 1. The van der Waals surface area contributed by atoms with Gasteiger partial charge in [-0.2, -0.15) is 0 Å². The van der Waals surface area contributed by atoms with Gasteiger partial charge < -0.3 is 14.7 Å². The molecule has 19 heavy (non-hydrogen) atoms. The largest absolute Gasteiger partial charge is 0.388 e. The first-order chi connectivity index (χ1) is 9.26. The lowest BCUT2D eigenvalue weighted by Gasteiger charge is -2.29. The third-order valence-corrected chi connectivity index (χ3v) is 3.85. The van der Waals surface area contributed by atoms with Gasteiger partial charge in [0.2, 0.25) is 0 Å². The number of hydrogen-bond acceptors (Lipinski definition) is 3. The van der Waals surface area contributed by atoms with Crippen LogP contribution in [0.5, 0.6) is 0 Å². The van der Waals surface area contributed by atoms with Crippen molar-refractivity contribution in [1.82, 2.24) is 0 Å². The highest BCUT2D eigenvalue weighted by Gasteiger charge is 2.21. The molecule has 0 aromatic heterocycles. The third-order valence-electron chi connectivity index (χ3n) is 3.85. The van der Waals surface area contributed by atoms with Crippen LogP contribution in [0, 0.1) is 0 Å². The Balaban J connectivity index is 2.16. The van der Waals surface area contributed by atoms with Crippen molar-refractivity contribution in [2.45, 2.75) is 45.3 Å². The van der Waals surface area contributed by atoms with Crippen LogP contribution >= 0.6 is 0 Å². The van der Waals surface area contributed by atoms with E-state index < -0.39 is 0 Å². The molecule has 0 bridgehead atoms. The Labute approximate surface area is 116 Å². The molecule has 1 aliphatic rings. The Hall–Kier alpha value is -1.06. The summed E-state index contributed by atoms with van der Waals surface area (Å²) < 4.78 is 5.73. The number of hydrogen-bond donors (Lipinski definition) is 1. The molecule has 2 rings (SSSR count). The molecular formula is C16H25NO2. The van der Waals surface area contributed by atoms with Crippen LogP contribution in [0.25, 0.3) is 0 Å². The lowest BCUT2D eigenvalue weighted by Crippen LogP contribution is -2.32. The number of nitrogens with zero attached hydrogens (tertiary/aromatic N) is 1. The molecule has 0 spiro atoms. The van der Waals surface area contributed by atoms with E-state index in [4.69, 9.17) is 4.74 Å². The maximum absolute atomic E-state index is 10.2. The fourth-order valence-electron chi connectivity index (χ4n) is 2.71. The second-order valence-corrected chi connectivity index (χ2v) is 5.16. The van der Waals surface area contributed by atoms with E-state index in [0.29, 0.717) is 6.10 Å². The SMILES string of the molecule is CC[C@@H](O)c1ccccc1N(CC)CC1CCCO1. The fourth-order valence-corrected chi connectivity index (χ4v) is 2.71. The molecule has 1 aliphatic heterocycles. The summed E-state index contributed by atoms with van der Waals surface area (Å²) in [6.07, 6.45) is 3.02. The first kappa shape index (κ1) is 14.4. The molecule has 1 aromatic rings. The van der Waals surface area contributed by atoms with E-state index in [0.717, 1.165) is 43.8 Å². The van der Waals surface area contributed by atoms with E-state index in [1.165, 1.54) is 6.42 Å². The predicted octanol–water partition coefficient (Wildman–Crippen LogP) is 3.14. The van der Waals surface area contributed by atoms with Crippen molar-refractivity contribution in [2.75, 3.05) is 24.6 Å². The Morgan fingerprint density at radius 2 is 2.16 bits per heavy atom. The Morgan fingerprint density at radius 3 is 2.79 bits per heavy atom. The van der Waals surface area contributed by atoms with Gasteiger partial charge in [-0.3, -0.25) is 0 Å². The molecule has 3 nitrogen and oxygen atoms in total. The maximum atomic E-state index is 10.2. The van der Waals surface area contributed by atoms with E-state index in [9.17, 15) is 5.11 Å². The molecule has 0 radical (unpaired) electrons. The first-order valence-electron chi connectivity index (χ1n) is 7.39. The molecule has 0 saturated carbocycles. The van der Waals surface area contributed by atoms with E-state index in [-0.39, 0.29) is 6.10 Å². The smallest absolute Gasteiger partial charge is 0.0807 e. The van der Waals surface area contributed by atoms with Gasteiger partial charge in [0, 0.05) is 30.9 Å². The number of rotatable bonds is 6. The van der Waals surface area contributed by atoms with E-state index in [1.54, 1.807) is 0 Å². The van der Waals surface area contributed by atoms with Gasteiger partial charge in [0.1, 0.15) is 0 Å². The molecular weight excluding hydrogens is 238 g/mol. The third kappa shape index (κ3) is 3.48. The van der Waals surface area contributed by atoms with Crippen molar-refractivity contribution >= 4 is 5.69 Å². The molecule has 0 aliphatic carbocycles. The standard InChI is InChI=1S/C16H25NO2/c1-3-16(18)14-9-5-6-10-15(14)17(4-2)12-13-8-7-11-19-13/h5-6,9-10,13,16,18H,3-4,7-8,11-12H2,1-2H3/t13?,16-/m1/s1. The zero-order chi connectivity index (χ0) is 13.7. The van der Waals surface area contributed by atoms with Crippen LogP contribution < -0.4 is 4.90 Å². The minimum absolute atomic E-state index is 0.340. The molecule has 106 valence electrons. The van der Waals surface area contributed by atoms with Crippen molar-refractivity contribution in [2.24, 2.45) is 0 Å². The number of anilines is 1. The second-order valence-electron chi connectivity index (χ2n) is 5.16. The van der Waals surface area contributed by atoms with Gasteiger partial charge in [-0.1, -0.05) is 25.1 Å². The summed E-state index contributed by atoms with van der Waals surface area (Å²) in [5.74, 6) is 0. The van der Waals surface area contributed by atoms with Gasteiger partial charge in [-0.05, 0) is 32.3 Å². The van der Waals surface area contributed by atoms with Crippen molar-refractivity contribution in [3.8, 4) is 0 Å². The average molecular weight is 263 g/mol. The normalized spacial score (nSPS) is 20.5. The molecule has 1 aromatic carbocycles. The highest BCUT2D eigenvalue weighted by atomic mass is 16.5. The number of aliphatic hydroxyl groups is 1. The van der Waals surface area contributed by atoms with Crippen LogP contribution in [0.1, 0.15) is 44.8 Å². The highest BCUT2D eigenvalue weighted by Crippen LogP contribution is 2.29. The van der Waals surface area contributed by atoms with Crippen molar-refractivity contribution in [1.29, 1.82) is 0 Å². The summed E-state index contributed by atoms with van der Waals surface area (Å²) in [7, 11) is 0. The number of ether oxygens (including phenoxy) is 1. The number of para-hydroxylation sites is 1. The summed E-state index contributed by atoms with van der Waals surface area (Å²) in [5.41, 5.74) is 2.18. The summed E-state index contributed by atoms with van der Waals surface area (Å²) >= 11 is 0. The van der Waals surface area contributed by atoms with E-state index >= 15 is 0 Å². The van der Waals surface area contributed by atoms with Crippen LogP contribution in [-0.2, 0) is 4.74 Å². The predicted molar refractivity (Wildman–Crippen MR) is 78.6 cm³/mol. The number of benzene rings is 1. The zero-order valence-corrected chi connectivity index (χ0v) is 12.0. The lowest BCUT2D eigenvalue weighted by molar-refractivity contribution is 0.115. The van der Waals surface area contributed by atoms with Gasteiger partial charge in [0.25, 0.3) is 0 Å². The van der Waals surface area contributed by atoms with Gasteiger partial charge in [-0.15, -0.1) is 0 Å². The zero-order valence-electron chi connectivity index (χ0n) is 12.0. The summed E-state index contributed by atoms with van der Waals surface area (Å²) in [6.45, 7) is 6.92. The molecule has 1 N–H and O–H groups in total. The van der Waals surface area contributed by atoms with Crippen LogP contribution in [0.2, 0.25) is 0 Å². The quantitative estimate of drug-likeness (QED) is 0.856. The Morgan fingerprint density at radius 1 is 1.37 bits per heavy atom. The Bertz CT molecular complexity index is 388. The van der Waals surface area contributed by atoms with Gasteiger partial charge in [0.05, 0.1) is 12.2 Å². The monoisotopic (exact) mass is 263 g/mol. The second kappa shape index (κ2) is 6.92. The van der Waals surface area contributed by atoms with Gasteiger partial charge >= 0.3 is 0 Å². The minimum atomic E-state index is -0.380. The maximum Gasteiger partial charge on any atom is 0.0807 e. The van der Waals surface area contributed by atoms with E-state index in [1.807, 2.05) is 25.1 Å². The molecule has 1 heterocycles. The van der Waals surface area contributed by atoms with Crippen molar-refractivity contribution in [3.05, 3.63) is 29.8 Å². The summed E-state index contributed by atoms with van der Waals surface area (Å²) in [6, 6.07) is 8.17. The molecule has 3 heteroatoms. The van der Waals surface area contributed by atoms with Crippen LogP contribution in [0.3, 0.4) is 0 Å². The fraction of sp³-hybridized carbons (Fsp3) is 0.625. The molecule has 1 fully saturated rings.